The molecule has 0 radical (unpaired) electrons. The highest BCUT2D eigenvalue weighted by atomic mass is 35.5. The van der Waals surface area contributed by atoms with Gasteiger partial charge in [0, 0.05) is 0 Å². The summed E-state index contributed by atoms with van der Waals surface area (Å²) >= 11 is 5.92. The Balaban J connectivity index is 1.96. The highest BCUT2D eigenvalue weighted by Gasteiger charge is 2.12. The van der Waals surface area contributed by atoms with Crippen molar-refractivity contribution in [2.75, 3.05) is 0 Å². The molecule has 0 saturated heterocycles. The van der Waals surface area contributed by atoms with Crippen molar-refractivity contribution in [3.8, 4) is 0 Å². The molecule has 3 rings (SSSR count). The molecule has 0 spiro atoms. The van der Waals surface area contributed by atoms with Gasteiger partial charge < -0.3 is 4.42 Å². The summed E-state index contributed by atoms with van der Waals surface area (Å²) < 4.78 is 5.54. The minimum Gasteiger partial charge on any atom is -0.423 e. The van der Waals surface area contributed by atoms with Crippen molar-refractivity contribution in [1.29, 1.82) is 0 Å². The molecular weight excluding hydrogens is 260 g/mol. The van der Waals surface area contributed by atoms with Crippen molar-refractivity contribution >= 4 is 22.4 Å². The molecule has 0 amide bonds. The quantitative estimate of drug-likeness (QED) is 0.674. The Bertz CT molecular complexity index is 701. The van der Waals surface area contributed by atoms with Gasteiger partial charge in [0.1, 0.15) is 5.38 Å². The second-order valence-corrected chi connectivity index (χ2v) is 5.12. The molecule has 0 N–H and O–H groups in total. The summed E-state index contributed by atoms with van der Waals surface area (Å²) in [4.78, 5) is 0. The van der Waals surface area contributed by atoms with Gasteiger partial charge in [-0.05, 0) is 23.3 Å². The predicted octanol–water partition coefficient (Wildman–Crippen LogP) is 4.11. The summed E-state index contributed by atoms with van der Waals surface area (Å²) in [5.74, 6) is 1.07. The van der Waals surface area contributed by atoms with E-state index in [0.29, 0.717) is 18.2 Å². The first-order valence-electron chi connectivity index (χ1n) is 6.17. The third-order valence-corrected chi connectivity index (χ3v) is 3.23. The largest absolute Gasteiger partial charge is 0.423 e. The van der Waals surface area contributed by atoms with Crippen LogP contribution >= 0.6 is 11.6 Å². The van der Waals surface area contributed by atoms with Crippen LogP contribution in [-0.2, 0) is 6.42 Å². The van der Waals surface area contributed by atoms with Crippen LogP contribution in [0.25, 0.3) is 10.8 Å². The number of hydrogen-bond acceptors (Lipinski definition) is 3. The van der Waals surface area contributed by atoms with E-state index in [1.54, 1.807) is 0 Å². The highest BCUT2D eigenvalue weighted by molar-refractivity contribution is 6.20. The molecule has 0 aliphatic rings. The van der Waals surface area contributed by atoms with Gasteiger partial charge in [0.15, 0.2) is 0 Å². The van der Waals surface area contributed by atoms with Crippen LogP contribution in [0.2, 0.25) is 0 Å². The second kappa shape index (κ2) is 5.02. The van der Waals surface area contributed by atoms with Crippen LogP contribution in [0.4, 0.5) is 0 Å². The Morgan fingerprint density at radius 1 is 1.11 bits per heavy atom. The molecule has 4 heteroatoms. The van der Waals surface area contributed by atoms with E-state index in [2.05, 4.69) is 34.5 Å². The Hall–Kier alpha value is -1.87. The Morgan fingerprint density at radius 3 is 2.68 bits per heavy atom. The summed E-state index contributed by atoms with van der Waals surface area (Å²) in [7, 11) is 0. The van der Waals surface area contributed by atoms with Crippen molar-refractivity contribution in [1.82, 2.24) is 10.2 Å². The zero-order valence-corrected chi connectivity index (χ0v) is 11.3. The molecule has 0 saturated carbocycles. The van der Waals surface area contributed by atoms with E-state index < -0.39 is 0 Å². The predicted molar refractivity (Wildman–Crippen MR) is 75.3 cm³/mol. The monoisotopic (exact) mass is 272 g/mol. The first kappa shape index (κ1) is 12.2. The van der Waals surface area contributed by atoms with Crippen molar-refractivity contribution in [3.63, 3.8) is 0 Å². The lowest BCUT2D eigenvalue weighted by Crippen LogP contribution is -1.90. The fourth-order valence-corrected chi connectivity index (χ4v) is 2.20. The maximum absolute atomic E-state index is 5.92. The molecule has 1 aromatic heterocycles. The zero-order chi connectivity index (χ0) is 13.2. The van der Waals surface area contributed by atoms with E-state index in [0.717, 1.165) is 0 Å². The molecule has 3 aromatic rings. The number of hydrogen-bond donors (Lipinski definition) is 0. The van der Waals surface area contributed by atoms with Crippen LogP contribution in [0.1, 0.15) is 29.6 Å². The summed E-state index contributed by atoms with van der Waals surface area (Å²) in [5.41, 5.74) is 1.18. The molecular formula is C15H13ClN2O. The van der Waals surface area contributed by atoms with E-state index in [-0.39, 0.29) is 5.38 Å². The zero-order valence-electron chi connectivity index (χ0n) is 10.5. The molecule has 96 valence electrons. The SMILES string of the molecule is CC(Cl)c1nnc(Cc2cccc3ccccc23)o1. The molecule has 0 fully saturated rings. The Labute approximate surface area is 116 Å². The Morgan fingerprint density at radius 2 is 1.89 bits per heavy atom. The number of rotatable bonds is 3. The van der Waals surface area contributed by atoms with E-state index in [1.807, 2.05) is 25.1 Å². The molecule has 2 aromatic carbocycles. The number of aromatic nitrogens is 2. The molecule has 1 unspecified atom stereocenters. The average molecular weight is 273 g/mol. The van der Waals surface area contributed by atoms with Crippen molar-refractivity contribution in [2.24, 2.45) is 0 Å². The van der Waals surface area contributed by atoms with Gasteiger partial charge >= 0.3 is 0 Å². The van der Waals surface area contributed by atoms with Crippen LogP contribution < -0.4 is 0 Å². The normalized spacial score (nSPS) is 12.7. The lowest BCUT2D eigenvalue weighted by molar-refractivity contribution is 0.458. The van der Waals surface area contributed by atoms with Gasteiger partial charge in [-0.1, -0.05) is 42.5 Å². The summed E-state index contributed by atoms with van der Waals surface area (Å²) in [6.45, 7) is 1.82. The number of alkyl halides is 1. The van der Waals surface area contributed by atoms with Gasteiger partial charge in [-0.25, -0.2) is 0 Å². The van der Waals surface area contributed by atoms with Crippen molar-refractivity contribution < 1.29 is 4.42 Å². The molecule has 0 bridgehead atoms. The van der Waals surface area contributed by atoms with Gasteiger partial charge in [-0.2, -0.15) is 0 Å². The van der Waals surface area contributed by atoms with Crippen LogP contribution in [0.5, 0.6) is 0 Å². The minimum absolute atomic E-state index is 0.256. The smallest absolute Gasteiger partial charge is 0.234 e. The first-order chi connectivity index (χ1) is 9.24. The van der Waals surface area contributed by atoms with E-state index in [4.69, 9.17) is 16.0 Å². The van der Waals surface area contributed by atoms with Crippen molar-refractivity contribution in [3.05, 3.63) is 59.8 Å². The van der Waals surface area contributed by atoms with E-state index in [1.165, 1.54) is 16.3 Å². The maximum atomic E-state index is 5.92. The fraction of sp³-hybridized carbons (Fsp3) is 0.200. The molecule has 19 heavy (non-hydrogen) atoms. The minimum atomic E-state index is -0.256. The third-order valence-electron chi connectivity index (χ3n) is 3.04. The first-order valence-corrected chi connectivity index (χ1v) is 6.60. The average Bonchev–Trinajstić information content (AvgIpc) is 2.88. The molecule has 0 aliphatic carbocycles. The third kappa shape index (κ3) is 2.47. The number of benzene rings is 2. The Kier molecular flexibility index (Phi) is 3.22. The lowest BCUT2D eigenvalue weighted by Gasteiger charge is -2.03. The van der Waals surface area contributed by atoms with Crippen LogP contribution in [-0.4, -0.2) is 10.2 Å². The van der Waals surface area contributed by atoms with Crippen LogP contribution in [0, 0.1) is 0 Å². The number of halogens is 1. The van der Waals surface area contributed by atoms with E-state index >= 15 is 0 Å². The second-order valence-electron chi connectivity index (χ2n) is 4.47. The lowest BCUT2D eigenvalue weighted by atomic mass is 10.0. The van der Waals surface area contributed by atoms with E-state index in [9.17, 15) is 0 Å². The van der Waals surface area contributed by atoms with Crippen molar-refractivity contribution in [2.45, 2.75) is 18.7 Å². The van der Waals surface area contributed by atoms with Crippen LogP contribution in [0.3, 0.4) is 0 Å². The van der Waals surface area contributed by atoms with Gasteiger partial charge in [0.2, 0.25) is 11.8 Å². The van der Waals surface area contributed by atoms with Gasteiger partial charge in [-0.3, -0.25) is 0 Å². The standard InChI is InChI=1S/C15H13ClN2O/c1-10(16)15-18-17-14(19-15)9-12-7-4-6-11-5-2-3-8-13(11)12/h2-8,10H,9H2,1H3. The highest BCUT2D eigenvalue weighted by Crippen LogP contribution is 2.22. The summed E-state index contributed by atoms with van der Waals surface area (Å²) in [6, 6.07) is 14.5. The van der Waals surface area contributed by atoms with Gasteiger partial charge in [0.25, 0.3) is 0 Å². The number of fused-ring (bicyclic) bond motifs is 1. The van der Waals surface area contributed by atoms with Crippen LogP contribution in [0.15, 0.2) is 46.9 Å². The van der Waals surface area contributed by atoms with Gasteiger partial charge in [-0.15, -0.1) is 21.8 Å². The fourth-order valence-electron chi connectivity index (χ4n) is 2.11. The summed E-state index contributed by atoms with van der Waals surface area (Å²) in [5, 5.41) is 10.2. The molecule has 1 heterocycles. The van der Waals surface area contributed by atoms with Gasteiger partial charge in [0.05, 0.1) is 6.42 Å². The topological polar surface area (TPSA) is 38.9 Å². The number of nitrogens with zero attached hydrogens (tertiary/aromatic N) is 2. The maximum Gasteiger partial charge on any atom is 0.234 e. The molecule has 3 nitrogen and oxygen atoms in total. The summed E-state index contributed by atoms with van der Waals surface area (Å²) in [6.07, 6.45) is 0.623. The molecule has 1 atom stereocenters. The molecule has 0 aliphatic heterocycles.